The highest BCUT2D eigenvalue weighted by Crippen LogP contribution is 2.11. The second-order valence-corrected chi connectivity index (χ2v) is 4.64. The lowest BCUT2D eigenvalue weighted by Gasteiger charge is -2.04. The zero-order chi connectivity index (χ0) is 13.2. The number of fused-ring (bicyclic) bond motifs is 1. The number of benzene rings is 1. The van der Waals surface area contributed by atoms with Crippen LogP contribution in [0.15, 0.2) is 47.8 Å². The molecule has 5 nitrogen and oxygen atoms in total. The zero-order valence-corrected chi connectivity index (χ0v) is 10.9. The van der Waals surface area contributed by atoms with Crippen molar-refractivity contribution >= 4 is 11.0 Å². The Labute approximate surface area is 110 Å². The summed E-state index contributed by atoms with van der Waals surface area (Å²) in [6.07, 6.45) is 6.41. The van der Waals surface area contributed by atoms with E-state index in [-0.39, 0.29) is 5.69 Å². The average Bonchev–Trinajstić information content (AvgIpc) is 3.02. The first-order chi connectivity index (χ1) is 9.27. The first-order valence-electron chi connectivity index (χ1n) is 6.37. The third-order valence-electron chi connectivity index (χ3n) is 3.41. The van der Waals surface area contributed by atoms with Crippen molar-refractivity contribution in [2.75, 3.05) is 0 Å². The zero-order valence-electron chi connectivity index (χ0n) is 10.9. The Morgan fingerprint density at radius 2 is 1.95 bits per heavy atom. The lowest BCUT2D eigenvalue weighted by atomic mass is 10.3. The molecule has 2 aromatic heterocycles. The van der Waals surface area contributed by atoms with E-state index >= 15 is 0 Å². The number of hydrogen-bond acceptors (Lipinski definition) is 2. The molecule has 0 saturated carbocycles. The van der Waals surface area contributed by atoms with Gasteiger partial charge in [0.15, 0.2) is 0 Å². The van der Waals surface area contributed by atoms with Gasteiger partial charge in [-0.3, -0.25) is 9.13 Å². The Morgan fingerprint density at radius 1 is 1.16 bits per heavy atom. The van der Waals surface area contributed by atoms with Gasteiger partial charge in [0.2, 0.25) is 0 Å². The molecule has 3 aromatic rings. The lowest BCUT2D eigenvalue weighted by molar-refractivity contribution is 0.556. The molecular weight excluding hydrogens is 240 g/mol. The summed E-state index contributed by atoms with van der Waals surface area (Å²) in [6, 6.07) is 7.89. The molecule has 0 amide bonds. The summed E-state index contributed by atoms with van der Waals surface area (Å²) < 4.78 is 5.56. The smallest absolute Gasteiger partial charge is 0.328 e. The van der Waals surface area contributed by atoms with Gasteiger partial charge in [0, 0.05) is 32.5 Å². The molecule has 0 aliphatic carbocycles. The molecule has 3 rings (SSSR count). The van der Waals surface area contributed by atoms with E-state index in [0.717, 1.165) is 30.5 Å². The third-order valence-corrected chi connectivity index (χ3v) is 3.41. The number of rotatable bonds is 4. The predicted molar refractivity (Wildman–Crippen MR) is 74.0 cm³/mol. The van der Waals surface area contributed by atoms with Gasteiger partial charge >= 0.3 is 5.69 Å². The summed E-state index contributed by atoms with van der Waals surface area (Å²) in [5.74, 6) is 0. The molecule has 19 heavy (non-hydrogen) atoms. The summed E-state index contributed by atoms with van der Waals surface area (Å²) in [6.45, 7) is 1.59. The van der Waals surface area contributed by atoms with Crippen molar-refractivity contribution in [2.24, 2.45) is 7.05 Å². The minimum atomic E-state index is 0.0480. The van der Waals surface area contributed by atoms with Crippen LogP contribution >= 0.6 is 0 Å². The fraction of sp³-hybridized carbons (Fsp3) is 0.286. The Kier molecular flexibility index (Phi) is 2.95. The van der Waals surface area contributed by atoms with Crippen molar-refractivity contribution in [1.82, 2.24) is 18.7 Å². The quantitative estimate of drug-likeness (QED) is 0.712. The summed E-state index contributed by atoms with van der Waals surface area (Å²) in [5, 5.41) is 0. The molecule has 2 heterocycles. The van der Waals surface area contributed by atoms with Crippen LogP contribution in [0.5, 0.6) is 0 Å². The minimum Gasteiger partial charge on any atom is -0.337 e. The molecule has 0 unspecified atom stereocenters. The van der Waals surface area contributed by atoms with Crippen molar-refractivity contribution < 1.29 is 0 Å². The summed E-state index contributed by atoms with van der Waals surface area (Å²) >= 11 is 0. The molecule has 0 saturated heterocycles. The standard InChI is InChI=1S/C14H16N4O/c1-16-12-5-2-3-6-13(12)18(14(16)19)9-4-8-17-10-7-15-11-17/h2-3,5-7,10-11H,4,8-9H2,1H3. The molecule has 98 valence electrons. The van der Waals surface area contributed by atoms with E-state index < -0.39 is 0 Å². The normalized spacial score (nSPS) is 11.2. The largest absolute Gasteiger partial charge is 0.337 e. The number of aromatic nitrogens is 4. The van der Waals surface area contributed by atoms with E-state index in [2.05, 4.69) is 4.98 Å². The molecule has 0 radical (unpaired) electrons. The molecule has 0 aliphatic rings. The lowest BCUT2D eigenvalue weighted by Crippen LogP contribution is -2.22. The van der Waals surface area contributed by atoms with Gasteiger partial charge in [-0.2, -0.15) is 0 Å². The van der Waals surface area contributed by atoms with E-state index in [1.807, 2.05) is 46.6 Å². The van der Waals surface area contributed by atoms with Crippen LogP contribution in [-0.2, 0) is 20.1 Å². The fourth-order valence-electron chi connectivity index (χ4n) is 2.41. The van der Waals surface area contributed by atoms with Crippen molar-refractivity contribution in [1.29, 1.82) is 0 Å². The molecule has 0 atom stereocenters. The monoisotopic (exact) mass is 256 g/mol. The number of nitrogens with zero attached hydrogens (tertiary/aromatic N) is 4. The first kappa shape index (κ1) is 11.8. The van der Waals surface area contributed by atoms with Crippen LogP contribution in [-0.4, -0.2) is 18.7 Å². The topological polar surface area (TPSA) is 44.8 Å². The highest BCUT2D eigenvalue weighted by atomic mass is 16.1. The maximum atomic E-state index is 12.2. The molecule has 5 heteroatoms. The van der Waals surface area contributed by atoms with E-state index in [1.165, 1.54) is 0 Å². The Balaban J connectivity index is 1.85. The maximum absolute atomic E-state index is 12.2. The van der Waals surface area contributed by atoms with Crippen molar-refractivity contribution in [3.63, 3.8) is 0 Å². The average molecular weight is 256 g/mol. The highest BCUT2D eigenvalue weighted by Gasteiger charge is 2.08. The van der Waals surface area contributed by atoms with Crippen molar-refractivity contribution in [3.05, 3.63) is 53.5 Å². The molecular formula is C14H16N4O. The summed E-state index contributed by atoms with van der Waals surface area (Å²) in [4.78, 5) is 16.2. The van der Waals surface area contributed by atoms with Crippen LogP contribution in [0.2, 0.25) is 0 Å². The van der Waals surface area contributed by atoms with E-state index in [9.17, 15) is 4.79 Å². The molecule has 0 N–H and O–H groups in total. The predicted octanol–water partition coefficient (Wildman–Crippen LogP) is 1.63. The molecule has 0 aliphatic heterocycles. The maximum Gasteiger partial charge on any atom is 0.328 e. The van der Waals surface area contributed by atoms with Gasteiger partial charge in [-0.25, -0.2) is 9.78 Å². The van der Waals surface area contributed by atoms with Gasteiger partial charge in [0.05, 0.1) is 17.4 Å². The third kappa shape index (κ3) is 2.07. The summed E-state index contributed by atoms with van der Waals surface area (Å²) in [5.41, 5.74) is 2.03. The van der Waals surface area contributed by atoms with Crippen LogP contribution in [0, 0.1) is 0 Å². The summed E-state index contributed by atoms with van der Waals surface area (Å²) in [7, 11) is 1.82. The van der Waals surface area contributed by atoms with Crippen molar-refractivity contribution in [2.45, 2.75) is 19.5 Å². The van der Waals surface area contributed by atoms with E-state index in [4.69, 9.17) is 0 Å². The van der Waals surface area contributed by atoms with Gasteiger partial charge in [-0.1, -0.05) is 12.1 Å². The Morgan fingerprint density at radius 3 is 2.68 bits per heavy atom. The Hall–Kier alpha value is -2.30. The second kappa shape index (κ2) is 4.76. The fourth-order valence-corrected chi connectivity index (χ4v) is 2.41. The van der Waals surface area contributed by atoms with Crippen LogP contribution in [0.4, 0.5) is 0 Å². The van der Waals surface area contributed by atoms with Gasteiger partial charge in [0.1, 0.15) is 0 Å². The van der Waals surface area contributed by atoms with Crippen LogP contribution in [0.3, 0.4) is 0 Å². The van der Waals surface area contributed by atoms with Crippen LogP contribution < -0.4 is 5.69 Å². The molecule has 0 fully saturated rings. The number of hydrogen-bond donors (Lipinski definition) is 0. The van der Waals surface area contributed by atoms with Crippen LogP contribution in [0.1, 0.15) is 6.42 Å². The number of para-hydroxylation sites is 2. The van der Waals surface area contributed by atoms with Crippen LogP contribution in [0.25, 0.3) is 11.0 Å². The van der Waals surface area contributed by atoms with Crippen molar-refractivity contribution in [3.8, 4) is 0 Å². The van der Waals surface area contributed by atoms with Gasteiger partial charge in [0.25, 0.3) is 0 Å². The molecule has 0 bridgehead atoms. The number of imidazole rings is 2. The van der Waals surface area contributed by atoms with Gasteiger partial charge < -0.3 is 4.57 Å². The van der Waals surface area contributed by atoms with Gasteiger partial charge in [-0.05, 0) is 18.6 Å². The SMILES string of the molecule is Cn1c(=O)n(CCCn2ccnc2)c2ccccc21. The first-order valence-corrected chi connectivity index (χ1v) is 6.37. The van der Waals surface area contributed by atoms with E-state index in [1.54, 1.807) is 17.1 Å². The number of aryl methyl sites for hydroxylation is 3. The van der Waals surface area contributed by atoms with Gasteiger partial charge in [-0.15, -0.1) is 0 Å². The Bertz CT molecular complexity index is 736. The second-order valence-electron chi connectivity index (χ2n) is 4.64. The molecule has 1 aromatic carbocycles. The minimum absolute atomic E-state index is 0.0480. The highest BCUT2D eigenvalue weighted by molar-refractivity contribution is 5.75. The molecule has 0 spiro atoms. The van der Waals surface area contributed by atoms with E-state index in [0.29, 0.717) is 0 Å².